The molecule has 23 heavy (non-hydrogen) atoms. The Balaban J connectivity index is 2.07. The van der Waals surface area contributed by atoms with Crippen molar-refractivity contribution < 1.29 is 4.42 Å². The molecule has 4 nitrogen and oxygen atoms in total. The molecule has 0 aliphatic carbocycles. The van der Waals surface area contributed by atoms with Crippen LogP contribution in [0.3, 0.4) is 0 Å². The molecule has 4 heteroatoms. The van der Waals surface area contributed by atoms with Gasteiger partial charge in [0.25, 0.3) is 0 Å². The van der Waals surface area contributed by atoms with Crippen LogP contribution < -0.4 is 4.90 Å². The van der Waals surface area contributed by atoms with E-state index in [9.17, 15) is 0 Å². The fourth-order valence-corrected chi connectivity index (χ4v) is 3.33. The van der Waals surface area contributed by atoms with Gasteiger partial charge in [0.2, 0.25) is 0 Å². The van der Waals surface area contributed by atoms with E-state index in [1.807, 2.05) is 19.2 Å². The molecule has 0 saturated heterocycles. The Kier molecular flexibility index (Phi) is 2.77. The zero-order chi connectivity index (χ0) is 16.4. The summed E-state index contributed by atoms with van der Waals surface area (Å²) < 4.78 is 6.28. The second-order valence-corrected chi connectivity index (χ2v) is 6.76. The number of fused-ring (bicyclic) bond motifs is 3. The topological polar surface area (TPSA) is 32.5 Å². The molecule has 1 aliphatic heterocycles. The van der Waals surface area contributed by atoms with Crippen LogP contribution in [0.5, 0.6) is 0 Å². The van der Waals surface area contributed by atoms with Crippen molar-refractivity contribution in [2.45, 2.75) is 33.4 Å². The third-order valence-electron chi connectivity index (χ3n) is 5.04. The van der Waals surface area contributed by atoms with E-state index < -0.39 is 0 Å². The molecular formula is C19H21N3O. The van der Waals surface area contributed by atoms with Crippen molar-refractivity contribution in [3.63, 3.8) is 0 Å². The highest BCUT2D eigenvalue weighted by atomic mass is 16.3. The van der Waals surface area contributed by atoms with Crippen LogP contribution in [0.1, 0.15) is 25.1 Å². The van der Waals surface area contributed by atoms with Gasteiger partial charge < -0.3 is 14.2 Å². The normalized spacial score (nSPS) is 16.9. The average molecular weight is 307 g/mol. The van der Waals surface area contributed by atoms with Crippen molar-refractivity contribution in [2.75, 3.05) is 11.9 Å². The summed E-state index contributed by atoms with van der Waals surface area (Å²) in [6.45, 7) is 8.54. The quantitative estimate of drug-likeness (QED) is 0.660. The molecule has 0 saturated carbocycles. The first-order valence-electron chi connectivity index (χ1n) is 7.89. The predicted octanol–water partition coefficient (Wildman–Crippen LogP) is 4.56. The summed E-state index contributed by atoms with van der Waals surface area (Å²) in [4.78, 5) is 8.86. The number of rotatable bonds is 1. The lowest BCUT2D eigenvalue weighted by Crippen LogP contribution is -2.46. The zero-order valence-electron chi connectivity index (χ0n) is 14.2. The van der Waals surface area contributed by atoms with Gasteiger partial charge >= 0.3 is 0 Å². The minimum Gasteiger partial charge on any atom is -0.452 e. The monoisotopic (exact) mass is 307 g/mol. The van der Waals surface area contributed by atoms with Crippen LogP contribution in [-0.2, 0) is 0 Å². The van der Waals surface area contributed by atoms with Gasteiger partial charge in [-0.3, -0.25) is 4.98 Å². The van der Waals surface area contributed by atoms with Crippen LogP contribution in [0.25, 0.3) is 21.9 Å². The number of anilines is 1. The fourth-order valence-electron chi connectivity index (χ4n) is 3.33. The Morgan fingerprint density at radius 2 is 1.74 bits per heavy atom. The van der Waals surface area contributed by atoms with E-state index in [1.165, 1.54) is 5.56 Å². The van der Waals surface area contributed by atoms with Gasteiger partial charge in [-0.15, -0.1) is 0 Å². The van der Waals surface area contributed by atoms with Gasteiger partial charge in [-0.1, -0.05) is 12.1 Å². The van der Waals surface area contributed by atoms with Crippen molar-refractivity contribution in [2.24, 2.45) is 0 Å². The Labute approximate surface area is 136 Å². The van der Waals surface area contributed by atoms with Crippen molar-refractivity contribution in [1.29, 1.82) is 0 Å². The van der Waals surface area contributed by atoms with Crippen molar-refractivity contribution >= 4 is 27.6 Å². The highest BCUT2D eigenvalue weighted by molar-refractivity contribution is 6.10. The zero-order valence-corrected chi connectivity index (χ0v) is 14.2. The number of pyridine rings is 1. The Hall–Kier alpha value is -2.49. The van der Waals surface area contributed by atoms with Crippen LogP contribution in [0, 0.1) is 13.8 Å². The van der Waals surface area contributed by atoms with Gasteiger partial charge in [0.15, 0.2) is 11.2 Å². The molecule has 0 unspecified atom stereocenters. The summed E-state index contributed by atoms with van der Waals surface area (Å²) in [7, 11) is 2.10. The number of aryl methyl sites for hydroxylation is 2. The molecule has 0 amide bonds. The number of benzene rings is 1. The van der Waals surface area contributed by atoms with Crippen LogP contribution in [-0.4, -0.2) is 22.6 Å². The number of furan rings is 1. The van der Waals surface area contributed by atoms with Crippen LogP contribution >= 0.6 is 0 Å². The maximum absolute atomic E-state index is 6.28. The van der Waals surface area contributed by atoms with Gasteiger partial charge in [0.05, 0.1) is 11.4 Å². The van der Waals surface area contributed by atoms with Gasteiger partial charge in [0.1, 0.15) is 5.66 Å². The molecule has 0 radical (unpaired) electrons. The summed E-state index contributed by atoms with van der Waals surface area (Å²) in [5, 5.41) is 2.27. The first-order valence-corrected chi connectivity index (χ1v) is 7.89. The van der Waals surface area contributed by atoms with E-state index in [4.69, 9.17) is 4.42 Å². The lowest BCUT2D eigenvalue weighted by Gasteiger charge is -2.38. The summed E-state index contributed by atoms with van der Waals surface area (Å²) in [5.41, 5.74) is 4.94. The maximum Gasteiger partial charge on any atom is 0.159 e. The third kappa shape index (κ3) is 1.81. The highest BCUT2D eigenvalue weighted by Crippen LogP contribution is 2.42. The average Bonchev–Trinajstić information content (AvgIpc) is 3.00. The first kappa shape index (κ1) is 14.1. The number of hydrogen-bond acceptors (Lipinski definition) is 4. The van der Waals surface area contributed by atoms with Crippen molar-refractivity contribution in [3.05, 3.63) is 48.1 Å². The standard InChI is InChI=1S/C19H21N3O/c1-12-6-7-14-15-8-9-20-13(2)17(15)23-18(14)16(12)22-11-10-21(5)19(22,3)4/h6-11H,1-5H3. The maximum atomic E-state index is 6.28. The van der Waals surface area contributed by atoms with Gasteiger partial charge in [0, 0.05) is 36.4 Å². The Morgan fingerprint density at radius 3 is 2.43 bits per heavy atom. The van der Waals surface area contributed by atoms with E-state index >= 15 is 0 Å². The third-order valence-corrected chi connectivity index (χ3v) is 5.04. The molecule has 0 fully saturated rings. The molecule has 2 aromatic heterocycles. The molecule has 1 aliphatic rings. The summed E-state index contributed by atoms with van der Waals surface area (Å²) >= 11 is 0. The largest absolute Gasteiger partial charge is 0.452 e. The molecule has 0 bridgehead atoms. The van der Waals surface area contributed by atoms with E-state index in [-0.39, 0.29) is 5.66 Å². The SMILES string of the molecule is Cc1ccc2c(oc3c(C)nccc32)c1N1C=CN(C)C1(C)C. The minimum atomic E-state index is -0.134. The fraction of sp³-hybridized carbons (Fsp3) is 0.316. The smallest absolute Gasteiger partial charge is 0.159 e. The molecule has 3 aromatic rings. The Bertz CT molecular complexity index is 952. The van der Waals surface area contributed by atoms with Gasteiger partial charge in [-0.2, -0.15) is 0 Å². The number of aromatic nitrogens is 1. The lowest BCUT2D eigenvalue weighted by molar-refractivity contribution is 0.253. The van der Waals surface area contributed by atoms with Crippen LogP contribution in [0.4, 0.5) is 5.69 Å². The van der Waals surface area contributed by atoms with Gasteiger partial charge in [-0.05, 0) is 39.3 Å². The first-order chi connectivity index (χ1) is 10.9. The van der Waals surface area contributed by atoms with Crippen molar-refractivity contribution in [3.8, 4) is 0 Å². The summed E-state index contributed by atoms with van der Waals surface area (Å²) in [5.74, 6) is 0. The van der Waals surface area contributed by atoms with Gasteiger partial charge in [-0.25, -0.2) is 0 Å². The molecular weight excluding hydrogens is 286 g/mol. The second-order valence-electron chi connectivity index (χ2n) is 6.76. The number of nitrogens with zero attached hydrogens (tertiary/aromatic N) is 3. The second kappa shape index (κ2) is 4.51. The molecule has 0 spiro atoms. The van der Waals surface area contributed by atoms with Crippen LogP contribution in [0.15, 0.2) is 41.2 Å². The molecule has 0 atom stereocenters. The van der Waals surface area contributed by atoms with E-state index in [2.05, 4.69) is 67.1 Å². The molecule has 1 aromatic carbocycles. The molecule has 0 N–H and O–H groups in total. The number of hydrogen-bond donors (Lipinski definition) is 0. The summed E-state index contributed by atoms with van der Waals surface area (Å²) in [6.07, 6.45) is 6.08. The Morgan fingerprint density at radius 1 is 1.00 bits per heavy atom. The molecule has 118 valence electrons. The molecule has 4 rings (SSSR count). The van der Waals surface area contributed by atoms with E-state index in [0.717, 1.165) is 33.3 Å². The minimum absolute atomic E-state index is 0.134. The van der Waals surface area contributed by atoms with Crippen LogP contribution in [0.2, 0.25) is 0 Å². The molecule has 3 heterocycles. The van der Waals surface area contributed by atoms with E-state index in [1.54, 1.807) is 0 Å². The highest BCUT2D eigenvalue weighted by Gasteiger charge is 2.35. The van der Waals surface area contributed by atoms with E-state index in [0.29, 0.717) is 0 Å². The van der Waals surface area contributed by atoms with Crippen molar-refractivity contribution in [1.82, 2.24) is 9.88 Å². The predicted molar refractivity (Wildman–Crippen MR) is 94.5 cm³/mol. The lowest BCUT2D eigenvalue weighted by atomic mass is 10.1. The summed E-state index contributed by atoms with van der Waals surface area (Å²) in [6, 6.07) is 6.35.